The molecule has 0 heterocycles. The fraction of sp³-hybridized carbons (Fsp3) is 0.565. The lowest BCUT2D eigenvalue weighted by Gasteiger charge is -2.48. The Hall–Kier alpha value is -1.30. The number of fused-ring (bicyclic) bond motifs is 7. The van der Waals surface area contributed by atoms with E-state index in [0.717, 1.165) is 23.7 Å². The zero-order valence-corrected chi connectivity index (χ0v) is 14.4. The maximum absolute atomic E-state index is 2.50. The van der Waals surface area contributed by atoms with Gasteiger partial charge < -0.3 is 0 Å². The Morgan fingerprint density at radius 3 is 2.70 bits per heavy atom. The summed E-state index contributed by atoms with van der Waals surface area (Å²) >= 11 is 0. The molecule has 0 N–H and O–H groups in total. The normalized spacial score (nSPS) is 32.9. The summed E-state index contributed by atoms with van der Waals surface area (Å²) < 4.78 is 0. The highest BCUT2D eigenvalue weighted by molar-refractivity contribution is 5.87. The summed E-state index contributed by atoms with van der Waals surface area (Å²) in [5.74, 6) is 3.97. The summed E-state index contributed by atoms with van der Waals surface area (Å²) in [6.07, 6.45) is 11.8. The van der Waals surface area contributed by atoms with Gasteiger partial charge in [0.05, 0.1) is 0 Å². The number of hydrogen-bond acceptors (Lipinski definition) is 0. The molecule has 2 fully saturated rings. The molecule has 0 saturated heterocycles. The third-order valence-electron chi connectivity index (χ3n) is 7.33. The van der Waals surface area contributed by atoms with E-state index in [2.05, 4.69) is 37.3 Å². The van der Waals surface area contributed by atoms with E-state index in [-0.39, 0.29) is 0 Å². The van der Waals surface area contributed by atoms with Crippen molar-refractivity contribution in [2.45, 2.75) is 64.2 Å². The van der Waals surface area contributed by atoms with E-state index in [1.807, 2.05) is 0 Å². The van der Waals surface area contributed by atoms with E-state index in [9.17, 15) is 0 Å². The monoisotopic (exact) mass is 304 g/mol. The zero-order valence-electron chi connectivity index (χ0n) is 14.4. The van der Waals surface area contributed by atoms with Gasteiger partial charge in [-0.05, 0) is 84.6 Å². The molecule has 0 amide bonds. The second kappa shape index (κ2) is 5.36. The van der Waals surface area contributed by atoms with Crippen LogP contribution in [0.15, 0.2) is 30.3 Å². The topological polar surface area (TPSA) is 0 Å². The van der Waals surface area contributed by atoms with Crippen molar-refractivity contribution in [3.05, 3.63) is 47.0 Å². The van der Waals surface area contributed by atoms with Crippen LogP contribution in [0.4, 0.5) is 0 Å². The van der Waals surface area contributed by atoms with E-state index < -0.39 is 0 Å². The van der Waals surface area contributed by atoms with Gasteiger partial charge in [-0.25, -0.2) is 0 Å². The maximum atomic E-state index is 2.50. The van der Waals surface area contributed by atoms with Crippen molar-refractivity contribution < 1.29 is 0 Å². The Labute approximate surface area is 140 Å². The molecule has 0 radical (unpaired) electrons. The summed E-state index contributed by atoms with van der Waals surface area (Å²) in [7, 11) is 0. The summed E-state index contributed by atoms with van der Waals surface area (Å²) in [4.78, 5) is 0. The van der Waals surface area contributed by atoms with Crippen LogP contribution in [0.3, 0.4) is 0 Å². The molecule has 3 aliphatic rings. The molecular formula is C23H28. The van der Waals surface area contributed by atoms with Gasteiger partial charge >= 0.3 is 0 Å². The lowest BCUT2D eigenvalue weighted by atomic mass is 9.56. The number of aryl methyl sites for hydroxylation is 2. The first-order chi connectivity index (χ1) is 11.3. The molecule has 0 heteroatoms. The van der Waals surface area contributed by atoms with Crippen LogP contribution in [-0.2, 0) is 6.42 Å². The molecule has 23 heavy (non-hydrogen) atoms. The molecular weight excluding hydrogens is 276 g/mol. The van der Waals surface area contributed by atoms with Gasteiger partial charge in [-0.2, -0.15) is 0 Å². The number of rotatable bonds is 0. The molecule has 5 rings (SSSR count). The maximum Gasteiger partial charge on any atom is -0.0128 e. The highest BCUT2D eigenvalue weighted by Gasteiger charge is 2.42. The second-order valence-electron chi connectivity index (χ2n) is 8.45. The van der Waals surface area contributed by atoms with E-state index in [1.165, 1.54) is 67.7 Å². The molecule has 2 saturated carbocycles. The lowest BCUT2D eigenvalue weighted by Crippen LogP contribution is -2.38. The van der Waals surface area contributed by atoms with Gasteiger partial charge in [0.25, 0.3) is 0 Å². The quantitative estimate of drug-likeness (QED) is 0.528. The summed E-state index contributed by atoms with van der Waals surface area (Å²) in [5, 5.41) is 2.99. The minimum absolute atomic E-state index is 0.865. The molecule has 0 nitrogen and oxygen atoms in total. The van der Waals surface area contributed by atoms with Crippen molar-refractivity contribution in [2.75, 3.05) is 0 Å². The van der Waals surface area contributed by atoms with Crippen molar-refractivity contribution in [1.82, 2.24) is 0 Å². The molecule has 4 unspecified atom stereocenters. The molecule has 0 spiro atoms. The predicted octanol–water partition coefficient (Wildman–Crippen LogP) is 6.39. The summed E-state index contributed by atoms with van der Waals surface area (Å²) in [6.45, 7) is 2.21. The fourth-order valence-corrected chi connectivity index (χ4v) is 6.33. The lowest BCUT2D eigenvalue weighted by molar-refractivity contribution is 0.0739. The summed E-state index contributed by atoms with van der Waals surface area (Å²) in [6, 6.07) is 11.9. The minimum Gasteiger partial charge on any atom is -0.0587 e. The smallest absolute Gasteiger partial charge is 0.0128 e. The van der Waals surface area contributed by atoms with Crippen LogP contribution in [0.2, 0.25) is 0 Å². The van der Waals surface area contributed by atoms with E-state index in [0.29, 0.717) is 0 Å². The molecule has 120 valence electrons. The molecule has 0 bridgehead atoms. The van der Waals surface area contributed by atoms with Crippen LogP contribution >= 0.6 is 0 Å². The van der Waals surface area contributed by atoms with Crippen molar-refractivity contribution >= 4 is 10.8 Å². The van der Waals surface area contributed by atoms with Crippen LogP contribution < -0.4 is 0 Å². The average Bonchev–Trinajstić information content (AvgIpc) is 2.60. The molecule has 0 aromatic heterocycles. The van der Waals surface area contributed by atoms with Crippen molar-refractivity contribution in [3.8, 4) is 0 Å². The van der Waals surface area contributed by atoms with Gasteiger partial charge in [0.2, 0.25) is 0 Å². The first-order valence-corrected chi connectivity index (χ1v) is 9.83. The van der Waals surface area contributed by atoms with Crippen molar-refractivity contribution in [2.24, 2.45) is 17.8 Å². The van der Waals surface area contributed by atoms with Crippen molar-refractivity contribution in [3.63, 3.8) is 0 Å². The zero-order chi connectivity index (χ0) is 15.4. The van der Waals surface area contributed by atoms with Crippen molar-refractivity contribution in [1.29, 1.82) is 0 Å². The van der Waals surface area contributed by atoms with Crippen LogP contribution in [0, 0.1) is 24.7 Å². The van der Waals surface area contributed by atoms with Gasteiger partial charge in [-0.15, -0.1) is 0 Å². The Bertz CT molecular complexity index is 741. The highest BCUT2D eigenvalue weighted by atomic mass is 14.5. The Morgan fingerprint density at radius 2 is 1.74 bits per heavy atom. The van der Waals surface area contributed by atoms with Gasteiger partial charge in [0.1, 0.15) is 0 Å². The van der Waals surface area contributed by atoms with Crippen LogP contribution in [0.5, 0.6) is 0 Å². The molecule has 2 aromatic carbocycles. The molecule has 2 aromatic rings. The molecule has 4 atom stereocenters. The van der Waals surface area contributed by atoms with E-state index in [1.54, 1.807) is 11.1 Å². The number of hydrogen-bond donors (Lipinski definition) is 0. The third-order valence-corrected chi connectivity index (χ3v) is 7.33. The SMILES string of the molecule is Cc1ccc2c3c(ccc2c1)C1CCC2CCCCC2C1CC3. The predicted molar refractivity (Wildman–Crippen MR) is 97.9 cm³/mol. The molecule has 0 aliphatic heterocycles. The highest BCUT2D eigenvalue weighted by Crippen LogP contribution is 2.54. The minimum atomic E-state index is 0.865. The Kier molecular flexibility index (Phi) is 3.28. The average molecular weight is 304 g/mol. The van der Waals surface area contributed by atoms with Gasteiger partial charge in [0, 0.05) is 0 Å². The fourth-order valence-electron chi connectivity index (χ4n) is 6.33. The van der Waals surface area contributed by atoms with E-state index in [4.69, 9.17) is 0 Å². The standard InChI is InChI=1S/C23H28/c1-15-6-9-19-17(14-15)8-11-23-21(19)13-12-20-18-5-3-2-4-16(18)7-10-22(20)23/h6,8-9,11,14,16,18,20,22H,2-5,7,10,12-13H2,1H3. The second-order valence-corrected chi connectivity index (χ2v) is 8.45. The van der Waals surface area contributed by atoms with Crippen LogP contribution in [0.25, 0.3) is 10.8 Å². The number of benzene rings is 2. The van der Waals surface area contributed by atoms with Gasteiger partial charge in [-0.1, -0.05) is 55.2 Å². The van der Waals surface area contributed by atoms with E-state index >= 15 is 0 Å². The van der Waals surface area contributed by atoms with Crippen LogP contribution in [-0.4, -0.2) is 0 Å². The van der Waals surface area contributed by atoms with Gasteiger partial charge in [0.15, 0.2) is 0 Å². The van der Waals surface area contributed by atoms with Crippen LogP contribution in [0.1, 0.15) is 67.6 Å². The Balaban J connectivity index is 1.58. The first kappa shape index (κ1) is 14.1. The Morgan fingerprint density at radius 1 is 0.826 bits per heavy atom. The summed E-state index contributed by atoms with van der Waals surface area (Å²) in [5.41, 5.74) is 4.80. The largest absolute Gasteiger partial charge is 0.0587 e. The third kappa shape index (κ3) is 2.17. The van der Waals surface area contributed by atoms with Gasteiger partial charge in [-0.3, -0.25) is 0 Å². The molecule has 3 aliphatic carbocycles. The first-order valence-electron chi connectivity index (χ1n) is 9.83.